The van der Waals surface area contributed by atoms with Crippen LogP contribution in [0.5, 0.6) is 0 Å². The summed E-state index contributed by atoms with van der Waals surface area (Å²) in [6.07, 6.45) is 1.44. The first-order valence-electron chi connectivity index (χ1n) is 8.59. The molecule has 0 bridgehead atoms. The fourth-order valence-electron chi connectivity index (χ4n) is 3.12. The highest BCUT2D eigenvalue weighted by Gasteiger charge is 2.19. The van der Waals surface area contributed by atoms with Crippen molar-refractivity contribution in [1.82, 2.24) is 9.80 Å². The van der Waals surface area contributed by atoms with Gasteiger partial charge in [0.05, 0.1) is 6.42 Å². The van der Waals surface area contributed by atoms with Crippen LogP contribution in [0, 0.1) is 0 Å². The molecule has 1 heterocycles. The summed E-state index contributed by atoms with van der Waals surface area (Å²) in [6, 6.07) is 15.5. The number of hydrogen-bond donors (Lipinski definition) is 0. The van der Waals surface area contributed by atoms with E-state index in [1.165, 1.54) is 5.56 Å². The fraction of sp³-hybridized carbons (Fsp3) is 0.350. The van der Waals surface area contributed by atoms with Crippen molar-refractivity contribution in [3.63, 3.8) is 0 Å². The van der Waals surface area contributed by atoms with Crippen LogP contribution in [0.15, 0.2) is 48.5 Å². The number of halogens is 2. The number of amides is 1. The van der Waals surface area contributed by atoms with Crippen molar-refractivity contribution in [3.8, 4) is 0 Å². The molecule has 2 aromatic rings. The van der Waals surface area contributed by atoms with Gasteiger partial charge in [0.1, 0.15) is 0 Å². The average Bonchev–Trinajstić information content (AvgIpc) is 2.85. The Morgan fingerprint density at radius 2 is 1.40 bits per heavy atom. The molecule has 0 N–H and O–H groups in total. The van der Waals surface area contributed by atoms with Crippen LogP contribution < -0.4 is 0 Å². The van der Waals surface area contributed by atoms with Gasteiger partial charge in [0.15, 0.2) is 0 Å². The first-order valence-corrected chi connectivity index (χ1v) is 9.35. The Balaban J connectivity index is 1.52. The molecular weight excluding hydrogens is 355 g/mol. The summed E-state index contributed by atoms with van der Waals surface area (Å²) < 4.78 is 0. The molecule has 1 fully saturated rings. The lowest BCUT2D eigenvalue weighted by molar-refractivity contribution is -0.130. The van der Waals surface area contributed by atoms with Crippen molar-refractivity contribution in [1.29, 1.82) is 0 Å². The second-order valence-corrected chi connectivity index (χ2v) is 7.31. The third kappa shape index (κ3) is 5.46. The summed E-state index contributed by atoms with van der Waals surface area (Å²) in [5, 5.41) is 1.46. The highest BCUT2D eigenvalue weighted by atomic mass is 35.5. The van der Waals surface area contributed by atoms with Gasteiger partial charge in [-0.05, 0) is 41.8 Å². The molecule has 132 valence electrons. The number of benzene rings is 2. The summed E-state index contributed by atoms with van der Waals surface area (Å²) >= 11 is 11.8. The van der Waals surface area contributed by atoms with Crippen LogP contribution in [0.3, 0.4) is 0 Å². The molecule has 0 unspecified atom stereocenters. The van der Waals surface area contributed by atoms with Crippen molar-refractivity contribution >= 4 is 29.1 Å². The third-order valence-electron chi connectivity index (χ3n) is 4.53. The summed E-state index contributed by atoms with van der Waals surface area (Å²) in [6.45, 7) is 4.41. The fourth-order valence-corrected chi connectivity index (χ4v) is 3.37. The number of rotatable bonds is 4. The minimum atomic E-state index is 0.190. The zero-order chi connectivity index (χ0) is 17.6. The van der Waals surface area contributed by atoms with Crippen molar-refractivity contribution in [3.05, 3.63) is 69.7 Å². The smallest absolute Gasteiger partial charge is 0.227 e. The predicted molar refractivity (Wildman–Crippen MR) is 103 cm³/mol. The number of nitrogens with zero attached hydrogens (tertiary/aromatic N) is 2. The van der Waals surface area contributed by atoms with E-state index >= 15 is 0 Å². The normalized spacial score (nSPS) is 15.8. The lowest BCUT2D eigenvalue weighted by Gasteiger charge is -2.22. The van der Waals surface area contributed by atoms with Gasteiger partial charge in [-0.1, -0.05) is 47.5 Å². The van der Waals surface area contributed by atoms with Crippen LogP contribution in [0.25, 0.3) is 0 Å². The number of hydrogen-bond acceptors (Lipinski definition) is 2. The SMILES string of the molecule is O=C(Cc1ccc(Cl)cc1)N1CCCN(Cc2ccc(Cl)cc2)CC1. The Morgan fingerprint density at radius 1 is 0.800 bits per heavy atom. The number of carbonyl (C=O) groups excluding carboxylic acids is 1. The minimum absolute atomic E-state index is 0.190. The van der Waals surface area contributed by atoms with Crippen LogP contribution >= 0.6 is 23.2 Å². The van der Waals surface area contributed by atoms with Gasteiger partial charge in [0.25, 0.3) is 0 Å². The third-order valence-corrected chi connectivity index (χ3v) is 5.03. The lowest BCUT2D eigenvalue weighted by Crippen LogP contribution is -2.36. The molecule has 25 heavy (non-hydrogen) atoms. The molecule has 1 amide bonds. The second-order valence-electron chi connectivity index (χ2n) is 6.44. The van der Waals surface area contributed by atoms with E-state index in [4.69, 9.17) is 23.2 Å². The largest absolute Gasteiger partial charge is 0.341 e. The molecule has 1 aliphatic rings. The van der Waals surface area contributed by atoms with Crippen LogP contribution in [0.2, 0.25) is 10.0 Å². The molecule has 0 saturated carbocycles. The van der Waals surface area contributed by atoms with Gasteiger partial charge in [0.2, 0.25) is 5.91 Å². The molecule has 1 saturated heterocycles. The monoisotopic (exact) mass is 376 g/mol. The van der Waals surface area contributed by atoms with Gasteiger partial charge in [0, 0.05) is 42.8 Å². The van der Waals surface area contributed by atoms with Gasteiger partial charge < -0.3 is 4.90 Å². The van der Waals surface area contributed by atoms with E-state index in [1.807, 2.05) is 41.3 Å². The van der Waals surface area contributed by atoms with Crippen LogP contribution in [-0.2, 0) is 17.8 Å². The topological polar surface area (TPSA) is 23.6 Å². The first-order chi connectivity index (χ1) is 12.1. The van der Waals surface area contributed by atoms with E-state index in [0.29, 0.717) is 11.4 Å². The minimum Gasteiger partial charge on any atom is -0.341 e. The molecule has 0 aromatic heterocycles. The quantitative estimate of drug-likeness (QED) is 0.795. The Morgan fingerprint density at radius 3 is 2.04 bits per heavy atom. The summed E-state index contributed by atoms with van der Waals surface area (Å²) in [4.78, 5) is 17.0. The highest BCUT2D eigenvalue weighted by molar-refractivity contribution is 6.30. The summed E-state index contributed by atoms with van der Waals surface area (Å²) in [7, 11) is 0. The Bertz CT molecular complexity index is 701. The Hall–Kier alpha value is -1.55. The molecule has 5 heteroatoms. The molecule has 1 aliphatic heterocycles. The number of carbonyl (C=O) groups is 1. The Kier molecular flexibility index (Phi) is 6.35. The summed E-state index contributed by atoms with van der Waals surface area (Å²) in [5.41, 5.74) is 2.27. The van der Waals surface area contributed by atoms with E-state index < -0.39 is 0 Å². The van der Waals surface area contributed by atoms with Crippen molar-refractivity contribution in [2.24, 2.45) is 0 Å². The first kappa shape index (κ1) is 18.2. The van der Waals surface area contributed by atoms with Gasteiger partial charge >= 0.3 is 0 Å². The van der Waals surface area contributed by atoms with E-state index in [-0.39, 0.29) is 5.91 Å². The van der Waals surface area contributed by atoms with Crippen molar-refractivity contribution in [2.45, 2.75) is 19.4 Å². The van der Waals surface area contributed by atoms with Gasteiger partial charge in [-0.3, -0.25) is 9.69 Å². The van der Waals surface area contributed by atoms with E-state index in [0.717, 1.165) is 49.7 Å². The van der Waals surface area contributed by atoms with Crippen LogP contribution in [0.1, 0.15) is 17.5 Å². The maximum absolute atomic E-state index is 12.6. The molecule has 0 atom stereocenters. The van der Waals surface area contributed by atoms with Gasteiger partial charge in [-0.2, -0.15) is 0 Å². The van der Waals surface area contributed by atoms with Gasteiger partial charge in [-0.15, -0.1) is 0 Å². The predicted octanol–water partition coefficient (Wildman–Crippen LogP) is 4.27. The standard InChI is InChI=1S/C20H22Cl2N2O/c21-18-6-2-16(3-7-18)14-20(25)24-11-1-10-23(12-13-24)15-17-4-8-19(22)9-5-17/h2-9H,1,10-15H2. The lowest BCUT2D eigenvalue weighted by atomic mass is 10.1. The molecular formula is C20H22Cl2N2O. The molecule has 2 aromatic carbocycles. The maximum atomic E-state index is 12.6. The molecule has 0 spiro atoms. The Labute approximate surface area is 159 Å². The van der Waals surface area contributed by atoms with Gasteiger partial charge in [-0.25, -0.2) is 0 Å². The van der Waals surface area contributed by atoms with E-state index in [1.54, 1.807) is 0 Å². The van der Waals surface area contributed by atoms with E-state index in [9.17, 15) is 4.79 Å². The highest BCUT2D eigenvalue weighted by Crippen LogP contribution is 2.14. The average molecular weight is 377 g/mol. The van der Waals surface area contributed by atoms with Crippen LogP contribution in [-0.4, -0.2) is 41.9 Å². The molecule has 3 nitrogen and oxygen atoms in total. The molecule has 0 radical (unpaired) electrons. The zero-order valence-electron chi connectivity index (χ0n) is 14.1. The van der Waals surface area contributed by atoms with E-state index in [2.05, 4.69) is 17.0 Å². The van der Waals surface area contributed by atoms with Crippen molar-refractivity contribution < 1.29 is 4.79 Å². The second kappa shape index (κ2) is 8.70. The zero-order valence-corrected chi connectivity index (χ0v) is 15.6. The van der Waals surface area contributed by atoms with Crippen LogP contribution in [0.4, 0.5) is 0 Å². The molecule has 3 rings (SSSR count). The summed E-state index contributed by atoms with van der Waals surface area (Å²) in [5.74, 6) is 0.190. The maximum Gasteiger partial charge on any atom is 0.227 e. The molecule has 0 aliphatic carbocycles. The van der Waals surface area contributed by atoms with Crippen molar-refractivity contribution in [2.75, 3.05) is 26.2 Å².